The van der Waals surface area contributed by atoms with Gasteiger partial charge >= 0.3 is 0 Å². The van der Waals surface area contributed by atoms with Gasteiger partial charge in [-0.3, -0.25) is 0 Å². The van der Waals surface area contributed by atoms with E-state index in [-0.39, 0.29) is 5.41 Å². The molecule has 2 N–H and O–H groups in total. The summed E-state index contributed by atoms with van der Waals surface area (Å²) in [6.07, 6.45) is 2.43. The van der Waals surface area contributed by atoms with Gasteiger partial charge in [0.05, 0.1) is 6.61 Å². The van der Waals surface area contributed by atoms with Gasteiger partial charge in [-0.15, -0.1) is 0 Å². The lowest BCUT2D eigenvalue weighted by atomic mass is 9.87. The fourth-order valence-corrected chi connectivity index (χ4v) is 1.73. The van der Waals surface area contributed by atoms with Crippen LogP contribution in [0.15, 0.2) is 6.33 Å². The molecule has 1 atom stereocenters. The van der Waals surface area contributed by atoms with Crippen molar-refractivity contribution in [1.82, 2.24) is 9.97 Å². The van der Waals surface area contributed by atoms with E-state index in [0.29, 0.717) is 24.2 Å². The molecule has 0 aliphatic heterocycles. The lowest BCUT2D eigenvalue weighted by Gasteiger charge is -2.36. The van der Waals surface area contributed by atoms with Crippen molar-refractivity contribution >= 4 is 11.5 Å². The first-order valence-electron chi connectivity index (χ1n) is 6.75. The Balaban J connectivity index is 3.00. The summed E-state index contributed by atoms with van der Waals surface area (Å²) in [7, 11) is 2.00. The summed E-state index contributed by atoms with van der Waals surface area (Å²) in [6, 6.07) is 0.295. The van der Waals surface area contributed by atoms with Crippen molar-refractivity contribution < 1.29 is 4.74 Å². The number of anilines is 2. The topological polar surface area (TPSA) is 64.3 Å². The largest absolute Gasteiger partial charge is 0.476 e. The zero-order chi connectivity index (χ0) is 14.6. The third-order valence-electron chi connectivity index (χ3n) is 3.44. The monoisotopic (exact) mass is 266 g/mol. The molecule has 1 heterocycles. The summed E-state index contributed by atoms with van der Waals surface area (Å²) < 4.78 is 5.54. The van der Waals surface area contributed by atoms with Gasteiger partial charge in [0.25, 0.3) is 0 Å². The van der Waals surface area contributed by atoms with Gasteiger partial charge < -0.3 is 15.4 Å². The number of nitrogen functional groups attached to an aromatic ring is 1. The molecule has 0 radical (unpaired) electrons. The fourth-order valence-electron chi connectivity index (χ4n) is 1.73. The minimum atomic E-state index is 0.135. The number of ether oxygens (including phenoxy) is 1. The van der Waals surface area contributed by atoms with Crippen LogP contribution in [0, 0.1) is 5.41 Å². The second kappa shape index (κ2) is 6.08. The van der Waals surface area contributed by atoms with Gasteiger partial charge in [0, 0.05) is 13.1 Å². The Morgan fingerprint density at radius 3 is 2.53 bits per heavy atom. The van der Waals surface area contributed by atoms with Gasteiger partial charge in [0.2, 0.25) is 5.88 Å². The summed E-state index contributed by atoms with van der Waals surface area (Å²) in [5.74, 6) is 1.20. The van der Waals surface area contributed by atoms with Crippen LogP contribution >= 0.6 is 0 Å². The average Bonchev–Trinajstić information content (AvgIpc) is 2.35. The van der Waals surface area contributed by atoms with Crippen molar-refractivity contribution in [3.05, 3.63) is 6.33 Å². The summed E-state index contributed by atoms with van der Waals surface area (Å²) in [5.41, 5.74) is 6.76. The van der Waals surface area contributed by atoms with E-state index in [2.05, 4.69) is 42.6 Å². The quantitative estimate of drug-likeness (QED) is 0.887. The molecular weight excluding hydrogens is 240 g/mol. The molecule has 1 rings (SSSR count). The first-order chi connectivity index (χ1) is 8.79. The Hall–Kier alpha value is -1.52. The van der Waals surface area contributed by atoms with Gasteiger partial charge in [-0.2, -0.15) is 4.98 Å². The summed E-state index contributed by atoms with van der Waals surface area (Å²) in [5, 5.41) is 0. The molecule has 0 saturated heterocycles. The van der Waals surface area contributed by atoms with Crippen LogP contribution in [-0.2, 0) is 0 Å². The van der Waals surface area contributed by atoms with E-state index in [0.717, 1.165) is 12.2 Å². The molecule has 1 aromatic heterocycles. The lowest BCUT2D eigenvalue weighted by molar-refractivity contribution is 0.305. The molecule has 0 fully saturated rings. The number of nitrogens with two attached hydrogens (primary N) is 1. The maximum Gasteiger partial charge on any atom is 0.242 e. The highest BCUT2D eigenvalue weighted by Gasteiger charge is 2.26. The van der Waals surface area contributed by atoms with Crippen LogP contribution in [-0.4, -0.2) is 29.7 Å². The summed E-state index contributed by atoms with van der Waals surface area (Å²) >= 11 is 0. The molecule has 0 saturated carbocycles. The third kappa shape index (κ3) is 3.72. The van der Waals surface area contributed by atoms with Crippen molar-refractivity contribution in [3.8, 4) is 5.88 Å². The highest BCUT2D eigenvalue weighted by atomic mass is 16.5. The van der Waals surface area contributed by atoms with Crippen molar-refractivity contribution in [2.75, 3.05) is 24.3 Å². The van der Waals surface area contributed by atoms with Gasteiger partial charge in [-0.25, -0.2) is 4.98 Å². The van der Waals surface area contributed by atoms with E-state index in [1.807, 2.05) is 14.0 Å². The molecule has 0 aliphatic rings. The van der Waals surface area contributed by atoms with Gasteiger partial charge in [-0.1, -0.05) is 27.7 Å². The maximum atomic E-state index is 6.11. The van der Waals surface area contributed by atoms with E-state index in [9.17, 15) is 0 Å². The molecule has 19 heavy (non-hydrogen) atoms. The van der Waals surface area contributed by atoms with Crippen LogP contribution in [0.1, 0.15) is 41.0 Å². The summed E-state index contributed by atoms with van der Waals surface area (Å²) in [4.78, 5) is 10.5. The summed E-state index contributed by atoms with van der Waals surface area (Å²) in [6.45, 7) is 11.4. The van der Waals surface area contributed by atoms with Crippen LogP contribution in [0.5, 0.6) is 5.88 Å². The van der Waals surface area contributed by atoms with Crippen molar-refractivity contribution in [3.63, 3.8) is 0 Å². The van der Waals surface area contributed by atoms with E-state index < -0.39 is 0 Å². The second-order valence-electron chi connectivity index (χ2n) is 5.92. The van der Waals surface area contributed by atoms with E-state index in [4.69, 9.17) is 10.5 Å². The Morgan fingerprint density at radius 2 is 2.00 bits per heavy atom. The molecule has 5 nitrogen and oxygen atoms in total. The van der Waals surface area contributed by atoms with E-state index >= 15 is 0 Å². The number of rotatable bonds is 5. The fraction of sp³-hybridized carbons (Fsp3) is 0.714. The normalized spacial score (nSPS) is 13.2. The molecule has 0 spiro atoms. The Bertz CT molecular complexity index is 414. The second-order valence-corrected chi connectivity index (χ2v) is 5.92. The van der Waals surface area contributed by atoms with Crippen LogP contribution in [0.25, 0.3) is 0 Å². The standard InChI is InChI=1S/C14H26N4O/c1-7-8-19-13-11(15)12(16-9-17-13)18(6)10(2)14(3,4)5/h9-10H,7-8,15H2,1-6H3. The SMILES string of the molecule is CCCOc1ncnc(N(C)C(C)C(C)(C)C)c1N. The van der Waals surface area contributed by atoms with Crippen LogP contribution in [0.4, 0.5) is 11.5 Å². The highest BCUT2D eigenvalue weighted by Crippen LogP contribution is 2.32. The molecular formula is C14H26N4O. The minimum absolute atomic E-state index is 0.135. The molecule has 0 aliphatic carbocycles. The van der Waals surface area contributed by atoms with Crippen molar-refractivity contribution in [1.29, 1.82) is 0 Å². The smallest absolute Gasteiger partial charge is 0.242 e. The number of nitrogens with zero attached hydrogens (tertiary/aromatic N) is 3. The van der Waals surface area contributed by atoms with Gasteiger partial charge in [0.15, 0.2) is 5.82 Å². The zero-order valence-electron chi connectivity index (χ0n) is 12.9. The number of hydrogen-bond acceptors (Lipinski definition) is 5. The zero-order valence-corrected chi connectivity index (χ0v) is 12.9. The van der Waals surface area contributed by atoms with Crippen LogP contribution < -0.4 is 15.4 Å². The molecule has 0 bridgehead atoms. The molecule has 5 heteroatoms. The Labute approximate surface area is 116 Å². The van der Waals surface area contributed by atoms with E-state index in [1.54, 1.807) is 0 Å². The van der Waals surface area contributed by atoms with Crippen LogP contribution in [0.2, 0.25) is 0 Å². The van der Waals surface area contributed by atoms with Crippen molar-refractivity contribution in [2.24, 2.45) is 5.41 Å². The van der Waals surface area contributed by atoms with Gasteiger partial charge in [0.1, 0.15) is 12.0 Å². The third-order valence-corrected chi connectivity index (χ3v) is 3.44. The number of aromatic nitrogens is 2. The lowest BCUT2D eigenvalue weighted by Crippen LogP contribution is -2.40. The molecule has 0 amide bonds. The van der Waals surface area contributed by atoms with Crippen molar-refractivity contribution in [2.45, 2.75) is 47.1 Å². The Kier molecular flexibility index (Phi) is 4.97. The number of hydrogen-bond donors (Lipinski definition) is 1. The van der Waals surface area contributed by atoms with Gasteiger partial charge in [-0.05, 0) is 18.8 Å². The highest BCUT2D eigenvalue weighted by molar-refractivity contribution is 5.67. The average molecular weight is 266 g/mol. The maximum absolute atomic E-state index is 6.11. The predicted molar refractivity (Wildman–Crippen MR) is 79.6 cm³/mol. The molecule has 1 unspecified atom stereocenters. The first-order valence-corrected chi connectivity index (χ1v) is 6.75. The van der Waals surface area contributed by atoms with Crippen LogP contribution in [0.3, 0.4) is 0 Å². The Morgan fingerprint density at radius 1 is 1.37 bits per heavy atom. The first kappa shape index (κ1) is 15.5. The van der Waals surface area contributed by atoms with E-state index in [1.165, 1.54) is 6.33 Å². The molecule has 108 valence electrons. The molecule has 0 aromatic carbocycles. The molecule has 1 aromatic rings. The minimum Gasteiger partial charge on any atom is -0.476 e. The predicted octanol–water partition coefficient (Wildman–Crippen LogP) is 2.72.